The molecular formula is C79H126N18Na2O45S5. The number of carbonyl (C=O) groups excluding carboxylic acids is 6. The molecule has 8 heterocycles. The summed E-state index contributed by atoms with van der Waals surface area (Å²) in [5.74, 6) is -6.05. The van der Waals surface area contributed by atoms with Crippen LogP contribution in [0, 0.1) is 21.6 Å². The molecule has 834 valence electrons. The van der Waals surface area contributed by atoms with Crippen molar-refractivity contribution in [1.82, 2.24) is 52.3 Å². The average molecular weight is 2250 g/mol. The van der Waals surface area contributed by atoms with Gasteiger partial charge in [-0.25, -0.2) is 0 Å². The van der Waals surface area contributed by atoms with E-state index in [9.17, 15) is 121 Å². The predicted molar refractivity (Wildman–Crippen MR) is 498 cm³/mol. The maximum atomic E-state index is 13.2. The predicted octanol–water partition coefficient (Wildman–Crippen LogP) is -23.2. The van der Waals surface area contributed by atoms with Gasteiger partial charge in [-0.15, -0.1) is 23.5 Å². The quantitative estimate of drug-likeness (QED) is 0.0111. The summed E-state index contributed by atoms with van der Waals surface area (Å²) in [6, 6.07) is 9.13. The molecule has 0 unspecified atom stereocenters. The first-order valence-corrected chi connectivity index (χ1v) is 49.9. The third-order valence-corrected chi connectivity index (χ3v) is 27.9. The van der Waals surface area contributed by atoms with E-state index in [-0.39, 0.29) is 82.7 Å². The van der Waals surface area contributed by atoms with Crippen LogP contribution in [0.3, 0.4) is 0 Å². The Labute approximate surface area is 902 Å². The number of nitrogens with two attached hydrogens (primary N) is 4. The summed E-state index contributed by atoms with van der Waals surface area (Å²) in [6.07, 6.45) is -33.6. The first-order chi connectivity index (χ1) is 68.0. The fourth-order valence-corrected chi connectivity index (χ4v) is 21.0. The Morgan fingerprint density at radius 3 is 1.13 bits per heavy atom. The van der Waals surface area contributed by atoms with Crippen LogP contribution in [0.15, 0.2) is 66.7 Å². The fraction of sp³-hybridized carbons (Fsp3) is 0.671. The molecule has 8 aliphatic heterocycles. The molecule has 10 fully saturated rings. The number of benzene rings is 3. The SMILES string of the molecule is CC1(C)S[C@@H]2[C@H](NC(=O)Cc3ccccc3)C(=O)N2[C@H]1C(=O)[O-].CCOc1ccc2ccccc2c1C(=O)N[C@@H]1C(=O)N2[C@@H]1SC(C)(C)[C@@H]2C(=O)[O-].CN[C@@H]1[C@H](O[C@H]2[C@H](O[C@H]3[C@H](O)[C@@H](O)[C@H](NC(=N)N)[C@@H](O)[C@@H]3NC(=N)N)O[C@@H](C)[C@]2(O)CO)O[C@@H](CO)[C@H](O)[C@H]1O.CN[C@@H]1[C@H](O[C@H]2[C@H](O[C@H]3[C@H](O)[C@@H](O)[C@H](NC(=N)N)[C@@H](O)[C@@H]3NC(=N)N)O[C@@H](C)[C@]2(O)CO)O[C@@H](CO)[C@H](O)[C@H]1O.O=S(=O)(O)O.O=S(=O)(O)O.O=S(=O)(O)O.[Na+].[Na+]. The Kier molecular flexibility index (Phi) is 48.8. The zero-order valence-electron chi connectivity index (χ0n) is 81.2. The molecule has 70 heteroatoms. The number of likely N-dealkylation sites (N-methyl/N-ethyl adjacent to an activating group) is 2. The number of aliphatic hydroxyl groups is 16. The monoisotopic (exact) mass is 2250 g/mol. The molecule has 63 nitrogen and oxygen atoms in total. The van der Waals surface area contributed by atoms with Crippen LogP contribution in [0.25, 0.3) is 10.8 Å². The largest absolute Gasteiger partial charge is 1.00 e. The Bertz CT molecular complexity index is 5190. The van der Waals surface area contributed by atoms with E-state index in [0.717, 1.165) is 16.3 Å². The number of carbonyl (C=O) groups is 6. The summed E-state index contributed by atoms with van der Waals surface area (Å²) in [5.41, 5.74) is 18.5. The first kappa shape index (κ1) is 132. The molecule has 13 rings (SSSR count). The minimum Gasteiger partial charge on any atom is -0.548 e. The number of hydrogen-bond donors (Lipinski definition) is 38. The summed E-state index contributed by atoms with van der Waals surface area (Å²) in [4.78, 5) is 75.7. The van der Waals surface area contributed by atoms with Gasteiger partial charge in [0.1, 0.15) is 125 Å². The molecule has 2 aliphatic carbocycles. The van der Waals surface area contributed by atoms with Gasteiger partial charge in [-0.2, -0.15) is 25.3 Å². The fourth-order valence-electron chi connectivity index (χ4n) is 17.8. The van der Waals surface area contributed by atoms with Gasteiger partial charge in [-0.1, -0.05) is 60.7 Å². The second-order valence-electron chi connectivity index (χ2n) is 35.5. The van der Waals surface area contributed by atoms with Crippen molar-refractivity contribution in [3.05, 3.63) is 77.9 Å². The molecule has 149 heavy (non-hydrogen) atoms. The Morgan fingerprint density at radius 1 is 0.463 bits per heavy atom. The van der Waals surface area contributed by atoms with Crippen LogP contribution < -0.4 is 140 Å². The number of thioether (sulfide) groups is 2. The number of hydrogen-bond acceptors (Lipinski definition) is 47. The average Bonchev–Trinajstić information content (AvgIpc) is 1.56. The number of aliphatic carboxylic acids is 2. The number of rotatable bonds is 27. The van der Waals surface area contributed by atoms with Gasteiger partial charge in [0.25, 0.3) is 5.91 Å². The number of β-lactam (4-membered cyclic amide) rings is 2. The van der Waals surface area contributed by atoms with E-state index in [0.29, 0.717) is 17.9 Å². The summed E-state index contributed by atoms with van der Waals surface area (Å²) in [7, 11) is -11.1. The summed E-state index contributed by atoms with van der Waals surface area (Å²) < 4.78 is 145. The molecule has 3 aromatic carbocycles. The van der Waals surface area contributed by atoms with Gasteiger partial charge in [0.15, 0.2) is 49.0 Å². The Hall–Kier alpha value is -7.11. The standard InChI is InChI=1S/2C21H41N7O12.C21H22N2O5S.C16H18N2O4S.2Na.3H2O4S/c2*1-5-21(36,4-30)16(40-17-9(26-2)13(34)10(31)6(3-29)38-17)18(37-5)39-15-8(28-20(24)25)11(32)7(27-19(22)23)12(33)14(15)35;1-4-28-13-10-9-11-7-5-6-8-12(11)14(13)17(24)22-15-18(25)23-16(20(26)27)21(2,3)29-19(15)23;1-16(2)12(15(21)22)18-13(20)11(14(18)23-16)17-10(19)8-9-6-4-3-5-7-9;;;3*1-5(2,3)4/h2*5-18,26,29-36H,3-4H2,1-2H3,(H4,22,23,27)(H4,24,25,28);5-10,15-16,19H,4H2,1-3H3,(H,22,24)(H,26,27);3-7,11-12,14H,8H2,1-2H3,(H,17,19)(H,21,22);;;3*(H2,1,2,3,4)/q;;;;2*+1;;;/p-2/t2*5-,6-,7+,8-,9-,10-,11+,12-,13-,14+,15+,16-,17-,18-,21+;15-,16+,19-;11-,12+,14-;;;;;/m0011...../s1. The molecule has 8 saturated heterocycles. The van der Waals surface area contributed by atoms with Crippen LogP contribution in [-0.4, -0.2) is 478 Å². The smallest absolute Gasteiger partial charge is 0.548 e. The van der Waals surface area contributed by atoms with Crippen LogP contribution in [0.1, 0.15) is 64.4 Å². The zero-order valence-corrected chi connectivity index (χ0v) is 89.3. The molecular weight excluding hydrogens is 2130 g/mol. The van der Waals surface area contributed by atoms with Crippen molar-refractivity contribution in [3.63, 3.8) is 0 Å². The van der Waals surface area contributed by atoms with E-state index in [1.807, 2.05) is 67.6 Å². The third-order valence-electron chi connectivity index (χ3n) is 24.8. The van der Waals surface area contributed by atoms with Crippen LogP contribution >= 0.6 is 23.5 Å². The van der Waals surface area contributed by atoms with Gasteiger partial charge in [0.05, 0.1) is 130 Å². The van der Waals surface area contributed by atoms with Crippen molar-refractivity contribution < 1.29 is 275 Å². The van der Waals surface area contributed by atoms with Gasteiger partial charge in [-0.3, -0.25) is 68.1 Å². The molecule has 3 aromatic rings. The van der Waals surface area contributed by atoms with Crippen molar-refractivity contribution in [2.45, 2.75) is 282 Å². The van der Waals surface area contributed by atoms with Crippen molar-refractivity contribution in [1.29, 1.82) is 21.6 Å². The normalized spacial score (nSPS) is 35.8. The molecule has 0 bridgehead atoms. The molecule has 10 aliphatic rings. The minimum atomic E-state index is -4.67. The van der Waals surface area contributed by atoms with Gasteiger partial charge >= 0.3 is 90.3 Å². The summed E-state index contributed by atoms with van der Waals surface area (Å²) in [5, 5.41) is 243. The van der Waals surface area contributed by atoms with Crippen LogP contribution in [0.5, 0.6) is 5.75 Å². The van der Waals surface area contributed by atoms with E-state index >= 15 is 0 Å². The van der Waals surface area contributed by atoms with Crippen molar-refractivity contribution in [2.75, 3.05) is 47.1 Å². The van der Waals surface area contributed by atoms with Gasteiger partial charge in [0, 0.05) is 9.49 Å². The van der Waals surface area contributed by atoms with Gasteiger partial charge in [0.2, 0.25) is 17.7 Å². The molecule has 0 spiro atoms. The number of aliphatic hydroxyl groups excluding tert-OH is 14. The molecule has 42 N–H and O–H groups in total. The topological polar surface area (TPSA) is 1080 Å². The van der Waals surface area contributed by atoms with E-state index < -0.39 is 327 Å². The maximum absolute atomic E-state index is 13.2. The number of amides is 4. The number of nitrogens with one attached hydrogen (secondary N) is 12. The zero-order chi connectivity index (χ0) is 111. The molecule has 4 amide bonds. The van der Waals surface area contributed by atoms with E-state index in [2.05, 4.69) is 42.5 Å². The summed E-state index contributed by atoms with van der Waals surface area (Å²) in [6.45, 7) is 8.88. The van der Waals surface area contributed by atoms with Crippen LogP contribution in [-0.2, 0) is 99.5 Å². The van der Waals surface area contributed by atoms with E-state index in [1.54, 1.807) is 33.8 Å². The number of carboxylic acid groups (broad SMARTS) is 2. The number of ether oxygens (including phenoxy) is 9. The second kappa shape index (κ2) is 55.0. The van der Waals surface area contributed by atoms with Crippen molar-refractivity contribution in [2.24, 2.45) is 22.9 Å². The summed E-state index contributed by atoms with van der Waals surface area (Å²) >= 11 is 2.74. The number of guanidine groups is 4. The number of carboxylic acids is 2. The third kappa shape index (κ3) is 32.8. The van der Waals surface area contributed by atoms with Gasteiger partial charge in [-0.05, 0) is 85.0 Å². The Balaban J connectivity index is 0.000000336. The van der Waals surface area contributed by atoms with Gasteiger partial charge < -0.3 is 219 Å². The molecule has 0 radical (unpaired) electrons. The van der Waals surface area contributed by atoms with Crippen molar-refractivity contribution >= 4 is 125 Å². The molecule has 2 saturated carbocycles. The maximum Gasteiger partial charge on any atom is 1.00 e. The first-order valence-electron chi connectivity index (χ1n) is 44.0. The molecule has 0 aromatic heterocycles. The van der Waals surface area contributed by atoms with Crippen LogP contribution in [0.2, 0.25) is 0 Å². The van der Waals surface area contributed by atoms with E-state index in [4.69, 9.17) is 140 Å². The van der Waals surface area contributed by atoms with Crippen molar-refractivity contribution in [3.8, 4) is 5.75 Å². The van der Waals surface area contributed by atoms with E-state index in [1.165, 1.54) is 61.3 Å². The Morgan fingerprint density at radius 2 is 0.799 bits per heavy atom. The second-order valence-corrected chi connectivity index (χ2v) is 41.7. The number of fused-ring (bicyclic) bond motifs is 3. The number of nitrogens with zero attached hydrogens (tertiary/aromatic N) is 2. The molecule has 36 atom stereocenters. The minimum absolute atomic E-state index is 0. The van der Waals surface area contributed by atoms with Crippen LogP contribution in [0.4, 0.5) is 0 Å².